The van der Waals surface area contributed by atoms with E-state index in [4.69, 9.17) is 9.57 Å². The molecule has 3 radical (unpaired) electrons. The van der Waals surface area contributed by atoms with Crippen molar-refractivity contribution >= 4 is 16.1 Å². The largest absolute Gasteiger partial charge is 0.482 e. The molecule has 2 rings (SSSR count). The average molecular weight is 190 g/mol. The van der Waals surface area contributed by atoms with E-state index in [1.54, 1.807) is 7.11 Å². The van der Waals surface area contributed by atoms with Crippen molar-refractivity contribution in [1.29, 1.82) is 0 Å². The summed E-state index contributed by atoms with van der Waals surface area (Å²) in [6, 6.07) is 7.71. The highest BCUT2D eigenvalue weighted by molar-refractivity contribution is 6.24. The third kappa shape index (κ3) is 1.33. The summed E-state index contributed by atoms with van der Waals surface area (Å²) in [6.07, 6.45) is 0. The van der Waals surface area contributed by atoms with Crippen LogP contribution in [0.3, 0.4) is 0 Å². The average Bonchev–Trinajstić information content (AvgIpc) is 2.19. The molecule has 0 spiro atoms. The molecule has 3 nitrogen and oxygen atoms in total. The molecule has 1 aliphatic rings. The van der Waals surface area contributed by atoms with Gasteiger partial charge in [-0.3, -0.25) is 0 Å². The number of para-hydroxylation sites is 1. The summed E-state index contributed by atoms with van der Waals surface area (Å²) in [5, 5.41) is 3.82. The molecule has 1 aliphatic heterocycles. The van der Waals surface area contributed by atoms with Crippen molar-refractivity contribution in [2.45, 2.75) is 5.54 Å². The van der Waals surface area contributed by atoms with E-state index in [9.17, 15) is 0 Å². The summed E-state index contributed by atoms with van der Waals surface area (Å²) >= 11 is 0. The molecule has 65 valence electrons. The van der Waals surface area contributed by atoms with Gasteiger partial charge in [0.25, 0.3) is 0 Å². The van der Waals surface area contributed by atoms with Gasteiger partial charge in [0.05, 0.1) is 12.7 Å². The molecular weight excluding hydrogens is 182 g/mol. The van der Waals surface area contributed by atoms with Gasteiger partial charge in [-0.15, -0.1) is 0 Å². The Balaban J connectivity index is 2.41. The summed E-state index contributed by atoms with van der Waals surface area (Å²) in [5.41, 5.74) is 1.01. The van der Waals surface area contributed by atoms with Gasteiger partial charge in [0, 0.05) is 15.8 Å². The molecule has 0 saturated carbocycles. The second kappa shape index (κ2) is 3.22. The minimum atomic E-state index is -0.0186. The van der Waals surface area contributed by atoms with E-state index in [2.05, 4.69) is 15.4 Å². The quantitative estimate of drug-likeness (QED) is 0.576. The molecule has 0 fully saturated rings. The first-order valence-electron chi connectivity index (χ1n) is 3.92. The van der Waals surface area contributed by atoms with Gasteiger partial charge in [-0.2, -0.15) is 0 Å². The zero-order chi connectivity index (χ0) is 9.26. The van der Waals surface area contributed by atoms with Gasteiger partial charge >= 0.3 is 0 Å². The zero-order valence-electron chi connectivity index (χ0n) is 7.15. The van der Waals surface area contributed by atoms with Crippen molar-refractivity contribution < 1.29 is 9.57 Å². The lowest BCUT2D eigenvalue weighted by Gasteiger charge is -2.19. The minimum Gasteiger partial charge on any atom is -0.482 e. The van der Waals surface area contributed by atoms with E-state index in [1.807, 2.05) is 24.3 Å². The lowest BCUT2D eigenvalue weighted by Crippen LogP contribution is -2.20. The van der Waals surface area contributed by atoms with Crippen molar-refractivity contribution in [2.75, 3.05) is 7.11 Å². The summed E-state index contributed by atoms with van der Waals surface area (Å²) in [6.45, 7) is 0. The summed E-state index contributed by atoms with van der Waals surface area (Å²) in [7, 11) is 5.10. The predicted octanol–water partition coefficient (Wildman–Crippen LogP) is 1.25. The second-order valence-corrected chi connectivity index (χ2v) is 3.27. The first-order chi connectivity index (χ1) is 6.33. The number of hydrogen-bond donors (Lipinski definition) is 0. The Bertz CT molecular complexity index is 351. The first kappa shape index (κ1) is 8.31. The highest BCUT2D eigenvalue weighted by atomic mass is 28.1. The van der Waals surface area contributed by atoms with Crippen LogP contribution in [0.4, 0.5) is 0 Å². The molecule has 1 atom stereocenters. The maximum Gasteiger partial charge on any atom is 0.230 e. The fourth-order valence-corrected chi connectivity index (χ4v) is 1.65. The number of nitrogens with zero attached hydrogens (tertiary/aromatic N) is 1. The third-order valence-corrected chi connectivity index (χ3v) is 2.48. The summed E-state index contributed by atoms with van der Waals surface area (Å²) in [5.74, 6) is 1.30. The highest BCUT2D eigenvalue weighted by Crippen LogP contribution is 2.29. The number of rotatable bonds is 0. The van der Waals surface area contributed by atoms with Gasteiger partial charge in [-0.25, -0.2) is 0 Å². The summed E-state index contributed by atoms with van der Waals surface area (Å²) in [4.78, 5) is 5.13. The van der Waals surface area contributed by atoms with Crippen molar-refractivity contribution in [3.05, 3.63) is 29.8 Å². The molecular formula is C9H8NO2Si. The molecule has 0 saturated heterocycles. The van der Waals surface area contributed by atoms with Crippen LogP contribution in [-0.2, 0) is 4.74 Å². The Hall–Kier alpha value is -1.29. The van der Waals surface area contributed by atoms with Crippen LogP contribution in [0.5, 0.6) is 5.75 Å². The molecule has 0 N–H and O–H groups in total. The van der Waals surface area contributed by atoms with Crippen LogP contribution >= 0.6 is 0 Å². The zero-order valence-corrected chi connectivity index (χ0v) is 8.15. The molecule has 0 aromatic heterocycles. The number of benzene rings is 1. The van der Waals surface area contributed by atoms with Gasteiger partial charge in [0.1, 0.15) is 0 Å². The van der Waals surface area contributed by atoms with E-state index in [1.165, 1.54) is 0 Å². The van der Waals surface area contributed by atoms with Gasteiger partial charge < -0.3 is 9.57 Å². The van der Waals surface area contributed by atoms with Crippen LogP contribution < -0.4 is 4.84 Å². The van der Waals surface area contributed by atoms with Crippen LogP contribution in [0.2, 0.25) is 0 Å². The van der Waals surface area contributed by atoms with Crippen molar-refractivity contribution in [3.63, 3.8) is 0 Å². The maximum absolute atomic E-state index is 5.13. The molecule has 0 amide bonds. The molecule has 0 bridgehead atoms. The van der Waals surface area contributed by atoms with Crippen molar-refractivity contribution in [2.24, 2.45) is 5.16 Å². The Kier molecular flexibility index (Phi) is 2.06. The Morgan fingerprint density at radius 2 is 2.23 bits per heavy atom. The van der Waals surface area contributed by atoms with Crippen LogP contribution in [-0.4, -0.2) is 23.3 Å². The van der Waals surface area contributed by atoms with Gasteiger partial charge in [0.15, 0.2) is 5.75 Å². The maximum atomic E-state index is 5.13. The SMILES string of the molecule is COC1=NOc2ccccc2C1[Si]. The van der Waals surface area contributed by atoms with Crippen LogP contribution in [0.25, 0.3) is 0 Å². The van der Waals surface area contributed by atoms with Gasteiger partial charge in [-0.05, 0) is 11.2 Å². The molecule has 1 aromatic carbocycles. The molecule has 1 unspecified atom stereocenters. The molecule has 0 aliphatic carbocycles. The van der Waals surface area contributed by atoms with E-state index >= 15 is 0 Å². The van der Waals surface area contributed by atoms with E-state index in [-0.39, 0.29) is 5.54 Å². The minimum absolute atomic E-state index is 0.0186. The van der Waals surface area contributed by atoms with Crippen LogP contribution in [0.1, 0.15) is 11.1 Å². The molecule has 13 heavy (non-hydrogen) atoms. The fraction of sp³-hybridized carbons (Fsp3) is 0.222. The number of oxime groups is 1. The molecule has 1 aromatic rings. The Labute approximate surface area is 79.8 Å². The Morgan fingerprint density at radius 3 is 3.00 bits per heavy atom. The number of methoxy groups -OCH3 is 1. The molecule has 1 heterocycles. The van der Waals surface area contributed by atoms with E-state index < -0.39 is 0 Å². The van der Waals surface area contributed by atoms with Gasteiger partial charge in [0.2, 0.25) is 5.90 Å². The number of ether oxygens (including phenoxy) is 1. The second-order valence-electron chi connectivity index (χ2n) is 2.70. The first-order valence-corrected chi connectivity index (χ1v) is 4.49. The summed E-state index contributed by atoms with van der Waals surface area (Å²) < 4.78 is 5.04. The lowest BCUT2D eigenvalue weighted by molar-refractivity contribution is 0.285. The number of fused-ring (bicyclic) bond motifs is 1. The van der Waals surface area contributed by atoms with Crippen LogP contribution in [0, 0.1) is 0 Å². The molecule has 4 heteroatoms. The van der Waals surface area contributed by atoms with Crippen LogP contribution in [0.15, 0.2) is 29.4 Å². The smallest absolute Gasteiger partial charge is 0.230 e. The van der Waals surface area contributed by atoms with Crippen molar-refractivity contribution in [1.82, 2.24) is 0 Å². The monoisotopic (exact) mass is 190 g/mol. The fourth-order valence-electron chi connectivity index (χ4n) is 1.24. The standard InChI is InChI=1S/C9H8NO2Si/c1-11-9-8(13)6-4-2-3-5-7(6)12-10-9/h2-5,8H,1H3. The van der Waals surface area contributed by atoms with Gasteiger partial charge in [-0.1, -0.05) is 18.2 Å². The van der Waals surface area contributed by atoms with E-state index in [0.29, 0.717) is 5.90 Å². The Morgan fingerprint density at radius 1 is 1.46 bits per heavy atom. The van der Waals surface area contributed by atoms with Crippen molar-refractivity contribution in [3.8, 4) is 5.75 Å². The highest BCUT2D eigenvalue weighted by Gasteiger charge is 2.22. The normalized spacial score (nSPS) is 19.8. The van der Waals surface area contributed by atoms with E-state index in [0.717, 1.165) is 11.3 Å². The third-order valence-electron chi connectivity index (χ3n) is 1.92. The number of hydrogen-bond acceptors (Lipinski definition) is 3. The topological polar surface area (TPSA) is 30.8 Å². The predicted molar refractivity (Wildman–Crippen MR) is 50.0 cm³/mol. The lowest BCUT2D eigenvalue weighted by atomic mass is 10.1.